The molecule has 0 saturated heterocycles. The summed E-state index contributed by atoms with van der Waals surface area (Å²) in [7, 11) is 4.08. The molecule has 0 saturated carbocycles. The maximum absolute atomic E-state index is 6.23. The summed E-state index contributed by atoms with van der Waals surface area (Å²) < 4.78 is 1.84. The number of rotatable bonds is 6. The van der Waals surface area contributed by atoms with Gasteiger partial charge in [-0.3, -0.25) is 0 Å². The SMILES string of the molecule is CN(C)CCNc1ncnc2c1cnn2Cc1ccccc1Cl. The Balaban J connectivity index is 1.85. The van der Waals surface area contributed by atoms with E-state index in [1.807, 2.05) is 43.0 Å². The van der Waals surface area contributed by atoms with E-state index in [0.29, 0.717) is 6.54 Å². The third kappa shape index (κ3) is 3.60. The number of halogens is 1. The molecule has 6 nitrogen and oxygen atoms in total. The lowest BCUT2D eigenvalue weighted by Crippen LogP contribution is -2.21. The van der Waals surface area contributed by atoms with Gasteiger partial charge in [0.15, 0.2) is 5.65 Å². The highest BCUT2D eigenvalue weighted by Crippen LogP contribution is 2.21. The number of fused-ring (bicyclic) bond motifs is 1. The number of anilines is 1. The molecular weight excluding hydrogens is 312 g/mol. The quantitative estimate of drug-likeness (QED) is 0.752. The van der Waals surface area contributed by atoms with Gasteiger partial charge < -0.3 is 10.2 Å². The van der Waals surface area contributed by atoms with Crippen LogP contribution in [0, 0.1) is 0 Å². The highest BCUT2D eigenvalue weighted by atomic mass is 35.5. The molecule has 0 spiro atoms. The fourth-order valence-electron chi connectivity index (χ4n) is 2.34. The molecule has 120 valence electrons. The number of nitrogens with one attached hydrogen (secondary N) is 1. The lowest BCUT2D eigenvalue weighted by atomic mass is 10.2. The minimum Gasteiger partial charge on any atom is -0.368 e. The van der Waals surface area contributed by atoms with Gasteiger partial charge >= 0.3 is 0 Å². The number of benzene rings is 1. The van der Waals surface area contributed by atoms with Crippen molar-refractivity contribution >= 4 is 28.5 Å². The Hall–Kier alpha value is -2.18. The lowest BCUT2D eigenvalue weighted by molar-refractivity contribution is 0.425. The summed E-state index contributed by atoms with van der Waals surface area (Å²) in [5, 5.41) is 9.42. The van der Waals surface area contributed by atoms with Crippen molar-refractivity contribution in [3.05, 3.63) is 47.4 Å². The summed E-state index contributed by atoms with van der Waals surface area (Å²) in [5.74, 6) is 0.808. The van der Waals surface area contributed by atoms with Crippen molar-refractivity contribution in [3.8, 4) is 0 Å². The number of hydrogen-bond donors (Lipinski definition) is 1. The second kappa shape index (κ2) is 6.93. The van der Waals surface area contributed by atoms with Crippen LogP contribution in [0.3, 0.4) is 0 Å². The molecule has 0 amide bonds. The van der Waals surface area contributed by atoms with Crippen LogP contribution in [0.1, 0.15) is 5.56 Å². The zero-order valence-corrected chi connectivity index (χ0v) is 14.0. The molecule has 3 rings (SSSR count). The van der Waals surface area contributed by atoms with Gasteiger partial charge in [-0.1, -0.05) is 29.8 Å². The molecular formula is C16H19ClN6. The minimum atomic E-state index is 0.581. The van der Waals surface area contributed by atoms with Crippen LogP contribution in [-0.4, -0.2) is 51.8 Å². The zero-order valence-electron chi connectivity index (χ0n) is 13.2. The molecule has 7 heteroatoms. The number of aromatic nitrogens is 4. The molecule has 0 bridgehead atoms. The van der Waals surface area contributed by atoms with E-state index < -0.39 is 0 Å². The van der Waals surface area contributed by atoms with E-state index in [1.165, 1.54) is 0 Å². The van der Waals surface area contributed by atoms with Crippen LogP contribution < -0.4 is 5.32 Å². The number of nitrogens with zero attached hydrogens (tertiary/aromatic N) is 5. The second-order valence-corrected chi connectivity index (χ2v) is 5.99. The van der Waals surface area contributed by atoms with Gasteiger partial charge in [0.2, 0.25) is 0 Å². The highest BCUT2D eigenvalue weighted by molar-refractivity contribution is 6.31. The predicted octanol–water partition coefficient (Wildman–Crippen LogP) is 2.50. The topological polar surface area (TPSA) is 58.9 Å². The largest absolute Gasteiger partial charge is 0.368 e. The van der Waals surface area contributed by atoms with Gasteiger partial charge in [-0.25, -0.2) is 14.6 Å². The van der Waals surface area contributed by atoms with Crippen molar-refractivity contribution in [2.75, 3.05) is 32.5 Å². The molecule has 1 aromatic carbocycles. The van der Waals surface area contributed by atoms with Crippen LogP contribution in [0.15, 0.2) is 36.8 Å². The van der Waals surface area contributed by atoms with Gasteiger partial charge in [-0.15, -0.1) is 0 Å². The van der Waals surface area contributed by atoms with Crippen LogP contribution in [0.4, 0.5) is 5.82 Å². The molecule has 0 aliphatic rings. The van der Waals surface area contributed by atoms with Crippen LogP contribution in [0.2, 0.25) is 5.02 Å². The average molecular weight is 331 g/mol. The van der Waals surface area contributed by atoms with Gasteiger partial charge in [0.05, 0.1) is 18.1 Å². The van der Waals surface area contributed by atoms with E-state index in [0.717, 1.165) is 40.5 Å². The van der Waals surface area contributed by atoms with Gasteiger partial charge in [0.25, 0.3) is 0 Å². The summed E-state index contributed by atoms with van der Waals surface area (Å²) in [6.07, 6.45) is 3.36. The van der Waals surface area contributed by atoms with Gasteiger partial charge in [-0.05, 0) is 25.7 Å². The normalized spacial score (nSPS) is 11.3. The van der Waals surface area contributed by atoms with Crippen molar-refractivity contribution in [1.29, 1.82) is 0 Å². The third-order valence-electron chi connectivity index (χ3n) is 3.56. The van der Waals surface area contributed by atoms with E-state index in [1.54, 1.807) is 12.5 Å². The van der Waals surface area contributed by atoms with Crippen LogP contribution in [-0.2, 0) is 6.54 Å². The molecule has 0 fully saturated rings. The molecule has 2 heterocycles. The van der Waals surface area contributed by atoms with E-state index >= 15 is 0 Å². The highest BCUT2D eigenvalue weighted by Gasteiger charge is 2.11. The van der Waals surface area contributed by atoms with E-state index in [9.17, 15) is 0 Å². The smallest absolute Gasteiger partial charge is 0.163 e. The Morgan fingerprint density at radius 1 is 1.22 bits per heavy atom. The van der Waals surface area contributed by atoms with E-state index in [-0.39, 0.29) is 0 Å². The molecule has 23 heavy (non-hydrogen) atoms. The van der Waals surface area contributed by atoms with Crippen molar-refractivity contribution < 1.29 is 0 Å². The predicted molar refractivity (Wildman–Crippen MR) is 92.9 cm³/mol. The molecule has 0 atom stereocenters. The van der Waals surface area contributed by atoms with Gasteiger partial charge in [0, 0.05) is 18.1 Å². The maximum Gasteiger partial charge on any atom is 0.163 e. The second-order valence-electron chi connectivity index (χ2n) is 5.58. The first-order chi connectivity index (χ1) is 11.1. The molecule has 0 radical (unpaired) electrons. The first kappa shape index (κ1) is 15.7. The minimum absolute atomic E-state index is 0.581. The lowest BCUT2D eigenvalue weighted by Gasteiger charge is -2.11. The Bertz CT molecular complexity index is 798. The standard InChI is InChI=1S/C16H19ClN6/c1-22(2)8-7-18-15-13-9-21-23(16(13)20-11-19-15)10-12-5-3-4-6-14(12)17/h3-6,9,11H,7-8,10H2,1-2H3,(H,18,19,20). The molecule has 0 aliphatic carbocycles. The van der Waals surface area contributed by atoms with Crippen LogP contribution in [0.5, 0.6) is 0 Å². The number of likely N-dealkylation sites (N-methyl/N-ethyl adjacent to an activating group) is 1. The monoisotopic (exact) mass is 330 g/mol. The van der Waals surface area contributed by atoms with Crippen LogP contribution in [0.25, 0.3) is 11.0 Å². The van der Waals surface area contributed by atoms with Gasteiger partial charge in [-0.2, -0.15) is 5.10 Å². The molecule has 1 N–H and O–H groups in total. The zero-order chi connectivity index (χ0) is 16.2. The molecule has 0 unspecified atom stereocenters. The van der Waals surface area contributed by atoms with Gasteiger partial charge in [0.1, 0.15) is 12.1 Å². The third-order valence-corrected chi connectivity index (χ3v) is 3.93. The van der Waals surface area contributed by atoms with Crippen LogP contribution >= 0.6 is 11.6 Å². The molecule has 3 aromatic rings. The Kier molecular flexibility index (Phi) is 4.73. The molecule has 2 aromatic heterocycles. The summed E-state index contributed by atoms with van der Waals surface area (Å²) in [6, 6.07) is 7.76. The average Bonchev–Trinajstić information content (AvgIpc) is 2.93. The Labute approximate surface area is 140 Å². The fourth-order valence-corrected chi connectivity index (χ4v) is 2.53. The fraction of sp³-hybridized carbons (Fsp3) is 0.312. The first-order valence-corrected chi connectivity index (χ1v) is 7.81. The summed E-state index contributed by atoms with van der Waals surface area (Å²) in [4.78, 5) is 10.8. The summed E-state index contributed by atoms with van der Waals surface area (Å²) in [5.41, 5.74) is 1.81. The van der Waals surface area contributed by atoms with E-state index in [4.69, 9.17) is 11.6 Å². The first-order valence-electron chi connectivity index (χ1n) is 7.43. The molecule has 0 aliphatic heterocycles. The van der Waals surface area contributed by atoms with Crippen molar-refractivity contribution in [1.82, 2.24) is 24.6 Å². The van der Waals surface area contributed by atoms with E-state index in [2.05, 4.69) is 25.3 Å². The van der Waals surface area contributed by atoms with Crippen molar-refractivity contribution in [3.63, 3.8) is 0 Å². The van der Waals surface area contributed by atoms with Crippen molar-refractivity contribution in [2.24, 2.45) is 0 Å². The van der Waals surface area contributed by atoms with Crippen molar-refractivity contribution in [2.45, 2.75) is 6.54 Å². The Morgan fingerprint density at radius 3 is 2.83 bits per heavy atom. The maximum atomic E-state index is 6.23. The summed E-state index contributed by atoms with van der Waals surface area (Å²) in [6.45, 7) is 2.32. The summed E-state index contributed by atoms with van der Waals surface area (Å²) >= 11 is 6.23. The Morgan fingerprint density at radius 2 is 2.04 bits per heavy atom. The number of hydrogen-bond acceptors (Lipinski definition) is 5.